The van der Waals surface area contributed by atoms with Crippen LogP contribution in [0.2, 0.25) is 5.02 Å². The van der Waals surface area contributed by atoms with Gasteiger partial charge in [0, 0.05) is 22.5 Å². The Morgan fingerprint density at radius 1 is 1.43 bits per heavy atom. The first-order valence-electron chi connectivity index (χ1n) is 6.68. The molecule has 0 unspecified atom stereocenters. The van der Waals surface area contributed by atoms with Crippen LogP contribution in [0.25, 0.3) is 11.3 Å². The lowest BCUT2D eigenvalue weighted by Gasteiger charge is -2.19. The van der Waals surface area contributed by atoms with Crippen LogP contribution in [-0.2, 0) is 12.0 Å². The summed E-state index contributed by atoms with van der Waals surface area (Å²) in [7, 11) is 0. The van der Waals surface area contributed by atoms with Gasteiger partial charge in [-0.05, 0) is 18.2 Å². The maximum atomic E-state index is 14.1. The van der Waals surface area contributed by atoms with Gasteiger partial charge in [-0.1, -0.05) is 38.4 Å². The second kappa shape index (κ2) is 5.53. The van der Waals surface area contributed by atoms with Gasteiger partial charge in [-0.2, -0.15) is 0 Å². The van der Waals surface area contributed by atoms with Crippen molar-refractivity contribution >= 4 is 17.4 Å². The van der Waals surface area contributed by atoms with Crippen molar-refractivity contribution in [3.8, 4) is 11.3 Å². The number of anilines is 1. The lowest BCUT2D eigenvalue weighted by Crippen LogP contribution is -2.19. The standard InChI is InChI=1S/C16H19ClFN3/c1-5-8-21-14(19)13(20-15(21)16(2,3)4)11-9-10(17)6-7-12(11)18/h5-7,9H,1,8,19H2,2-4H3. The third-order valence-electron chi connectivity index (χ3n) is 3.17. The SMILES string of the molecule is C=CCn1c(C(C)(C)C)nc(-c2cc(Cl)ccc2F)c1N. The fourth-order valence-corrected chi connectivity index (χ4v) is 2.40. The van der Waals surface area contributed by atoms with Crippen LogP contribution < -0.4 is 5.73 Å². The zero-order valence-electron chi connectivity index (χ0n) is 12.5. The van der Waals surface area contributed by atoms with E-state index in [9.17, 15) is 4.39 Å². The Hall–Kier alpha value is -1.81. The van der Waals surface area contributed by atoms with E-state index in [0.717, 1.165) is 5.82 Å². The Labute approximate surface area is 129 Å². The van der Waals surface area contributed by atoms with Crippen LogP contribution in [0, 0.1) is 5.82 Å². The van der Waals surface area contributed by atoms with Gasteiger partial charge in [-0.15, -0.1) is 6.58 Å². The quantitative estimate of drug-likeness (QED) is 0.854. The van der Waals surface area contributed by atoms with Crippen LogP contribution in [0.1, 0.15) is 26.6 Å². The second-order valence-corrected chi connectivity index (χ2v) is 6.38. The minimum atomic E-state index is -0.394. The van der Waals surface area contributed by atoms with Crippen LogP contribution in [0.15, 0.2) is 30.9 Å². The minimum Gasteiger partial charge on any atom is -0.383 e. The smallest absolute Gasteiger partial charge is 0.132 e. The lowest BCUT2D eigenvalue weighted by atomic mass is 9.95. The number of rotatable bonds is 3. The average molecular weight is 308 g/mol. The van der Waals surface area contributed by atoms with Crippen LogP contribution in [0.4, 0.5) is 10.2 Å². The molecule has 1 heterocycles. The fraction of sp³-hybridized carbons (Fsp3) is 0.312. The first kappa shape index (κ1) is 15.6. The van der Waals surface area contributed by atoms with Crippen molar-refractivity contribution in [3.63, 3.8) is 0 Å². The van der Waals surface area contributed by atoms with Gasteiger partial charge in [-0.25, -0.2) is 9.37 Å². The number of nitrogen functional groups attached to an aromatic ring is 1. The largest absolute Gasteiger partial charge is 0.383 e. The maximum absolute atomic E-state index is 14.1. The molecule has 2 aromatic rings. The molecule has 112 valence electrons. The van der Waals surface area contributed by atoms with E-state index in [4.69, 9.17) is 17.3 Å². The van der Waals surface area contributed by atoms with Gasteiger partial charge < -0.3 is 10.3 Å². The predicted octanol–water partition coefficient (Wildman–Crippen LogP) is 4.41. The van der Waals surface area contributed by atoms with Gasteiger partial charge in [0.15, 0.2) is 0 Å². The molecule has 0 aliphatic carbocycles. The van der Waals surface area contributed by atoms with Crippen molar-refractivity contribution in [2.24, 2.45) is 0 Å². The molecule has 0 atom stereocenters. The Bertz CT molecular complexity index is 684. The molecule has 1 aromatic carbocycles. The van der Waals surface area contributed by atoms with Crippen molar-refractivity contribution in [2.75, 3.05) is 5.73 Å². The highest BCUT2D eigenvalue weighted by Crippen LogP contribution is 2.34. The minimum absolute atomic E-state index is 0.218. The van der Waals surface area contributed by atoms with E-state index in [-0.39, 0.29) is 5.41 Å². The van der Waals surface area contributed by atoms with E-state index in [1.807, 2.05) is 25.3 Å². The zero-order chi connectivity index (χ0) is 15.8. The molecule has 0 spiro atoms. The number of allylic oxidation sites excluding steroid dienone is 1. The molecule has 0 bridgehead atoms. The molecule has 0 aliphatic heterocycles. The number of aromatic nitrogens is 2. The molecule has 0 amide bonds. The second-order valence-electron chi connectivity index (χ2n) is 5.94. The number of nitrogens with zero attached hydrogens (tertiary/aromatic N) is 2. The number of imidazole rings is 1. The highest BCUT2D eigenvalue weighted by molar-refractivity contribution is 6.30. The summed E-state index contributed by atoms with van der Waals surface area (Å²) in [5.74, 6) is 0.810. The summed E-state index contributed by atoms with van der Waals surface area (Å²) in [6.07, 6.45) is 1.74. The van der Waals surface area contributed by atoms with Crippen molar-refractivity contribution < 1.29 is 4.39 Å². The summed E-state index contributed by atoms with van der Waals surface area (Å²) >= 11 is 5.96. The molecule has 0 saturated carbocycles. The van der Waals surface area contributed by atoms with Crippen LogP contribution in [0.5, 0.6) is 0 Å². The Kier molecular flexibility index (Phi) is 4.10. The normalized spacial score (nSPS) is 11.7. The molecule has 3 nitrogen and oxygen atoms in total. The molecule has 2 rings (SSSR count). The molecule has 1 aromatic heterocycles. The average Bonchev–Trinajstić information content (AvgIpc) is 2.71. The third kappa shape index (κ3) is 2.95. The van der Waals surface area contributed by atoms with Gasteiger partial charge in [0.2, 0.25) is 0 Å². The number of hydrogen-bond donors (Lipinski definition) is 1. The number of benzene rings is 1. The number of nitrogens with two attached hydrogens (primary N) is 1. The molecule has 2 N–H and O–H groups in total. The molecule has 0 fully saturated rings. The van der Waals surface area contributed by atoms with Crippen molar-refractivity contribution in [2.45, 2.75) is 32.7 Å². The van der Waals surface area contributed by atoms with Crippen molar-refractivity contribution in [1.82, 2.24) is 9.55 Å². The molecule has 0 radical (unpaired) electrons. The number of hydrogen-bond acceptors (Lipinski definition) is 2. The van der Waals surface area contributed by atoms with Gasteiger partial charge in [0.05, 0.1) is 0 Å². The summed E-state index contributed by atoms with van der Waals surface area (Å²) in [5.41, 5.74) is 6.69. The fourth-order valence-electron chi connectivity index (χ4n) is 2.23. The summed E-state index contributed by atoms with van der Waals surface area (Å²) < 4.78 is 15.9. The first-order chi connectivity index (χ1) is 9.75. The third-order valence-corrected chi connectivity index (χ3v) is 3.41. The van der Waals surface area contributed by atoms with Gasteiger partial charge in [-0.3, -0.25) is 0 Å². The lowest BCUT2D eigenvalue weighted by molar-refractivity contribution is 0.515. The Morgan fingerprint density at radius 3 is 2.67 bits per heavy atom. The van der Waals surface area contributed by atoms with Gasteiger partial charge in [0.25, 0.3) is 0 Å². The summed E-state index contributed by atoms with van der Waals surface area (Å²) in [4.78, 5) is 4.56. The summed E-state index contributed by atoms with van der Waals surface area (Å²) in [6, 6.07) is 4.36. The zero-order valence-corrected chi connectivity index (χ0v) is 13.2. The summed E-state index contributed by atoms with van der Waals surface area (Å²) in [5, 5.41) is 0.446. The topological polar surface area (TPSA) is 43.8 Å². The van der Waals surface area contributed by atoms with Crippen molar-refractivity contribution in [1.29, 1.82) is 0 Å². The first-order valence-corrected chi connectivity index (χ1v) is 7.06. The maximum Gasteiger partial charge on any atom is 0.132 e. The Morgan fingerprint density at radius 2 is 2.10 bits per heavy atom. The van der Waals surface area contributed by atoms with Gasteiger partial charge >= 0.3 is 0 Å². The monoisotopic (exact) mass is 307 g/mol. The highest BCUT2D eigenvalue weighted by atomic mass is 35.5. The molecule has 5 heteroatoms. The van der Waals surface area contributed by atoms with Crippen LogP contribution in [0.3, 0.4) is 0 Å². The highest BCUT2D eigenvalue weighted by Gasteiger charge is 2.26. The molecule has 0 aliphatic rings. The van der Waals surface area contributed by atoms with E-state index < -0.39 is 5.82 Å². The molecule has 0 saturated heterocycles. The van der Waals surface area contributed by atoms with E-state index in [1.165, 1.54) is 12.1 Å². The van der Waals surface area contributed by atoms with E-state index in [0.29, 0.717) is 28.6 Å². The van der Waals surface area contributed by atoms with Crippen molar-refractivity contribution in [3.05, 3.63) is 47.5 Å². The van der Waals surface area contributed by atoms with E-state index in [1.54, 1.807) is 12.1 Å². The van der Waals surface area contributed by atoms with Gasteiger partial charge in [0.1, 0.15) is 23.2 Å². The number of halogens is 2. The van der Waals surface area contributed by atoms with E-state index in [2.05, 4.69) is 11.6 Å². The van der Waals surface area contributed by atoms with Crippen LogP contribution >= 0.6 is 11.6 Å². The Balaban J connectivity index is 2.70. The molecular formula is C16H19ClFN3. The van der Waals surface area contributed by atoms with E-state index >= 15 is 0 Å². The summed E-state index contributed by atoms with van der Waals surface area (Å²) in [6.45, 7) is 10.4. The molecule has 21 heavy (non-hydrogen) atoms. The molecular weight excluding hydrogens is 289 g/mol. The van der Waals surface area contributed by atoms with Crippen LogP contribution in [-0.4, -0.2) is 9.55 Å². The predicted molar refractivity (Wildman–Crippen MR) is 85.9 cm³/mol.